The molecule has 2 heterocycles. The van der Waals surface area contributed by atoms with Gasteiger partial charge in [-0.1, -0.05) is 12.1 Å². The van der Waals surface area contributed by atoms with Crippen LogP contribution in [0.15, 0.2) is 24.3 Å². The molecule has 1 fully saturated rings. The fourth-order valence-corrected chi connectivity index (χ4v) is 4.50. The van der Waals surface area contributed by atoms with E-state index in [1.807, 2.05) is 6.92 Å². The Hall–Kier alpha value is -1.01. The molecule has 0 radical (unpaired) electrons. The normalized spacial score (nSPS) is 18.8. The van der Waals surface area contributed by atoms with Gasteiger partial charge in [-0.05, 0) is 58.0 Å². The first-order valence-corrected chi connectivity index (χ1v) is 9.35. The van der Waals surface area contributed by atoms with E-state index in [9.17, 15) is 5.11 Å². The van der Waals surface area contributed by atoms with E-state index in [0.717, 1.165) is 44.2 Å². The molecule has 0 aliphatic carbocycles. The molecule has 0 saturated carbocycles. The summed E-state index contributed by atoms with van der Waals surface area (Å²) in [6.07, 6.45) is 2.25. The number of hydrogen-bond donors (Lipinski definition) is 1. The Morgan fingerprint density at radius 2 is 2.09 bits per heavy atom. The molecule has 23 heavy (non-hydrogen) atoms. The fraction of sp³-hybridized carbons (Fsp3) is 0.611. The van der Waals surface area contributed by atoms with Crippen molar-refractivity contribution in [3.05, 3.63) is 29.3 Å². The minimum atomic E-state index is -0.215. The third-order valence-electron chi connectivity index (χ3n) is 4.54. The highest BCUT2D eigenvalue weighted by Crippen LogP contribution is 2.23. The summed E-state index contributed by atoms with van der Waals surface area (Å²) in [6.45, 7) is 6.99. The van der Waals surface area contributed by atoms with Crippen LogP contribution in [0.4, 0.5) is 0 Å². The van der Waals surface area contributed by atoms with Gasteiger partial charge in [0, 0.05) is 13.1 Å². The van der Waals surface area contributed by atoms with E-state index in [1.165, 1.54) is 22.5 Å². The maximum atomic E-state index is 9.48. The van der Waals surface area contributed by atoms with Gasteiger partial charge < -0.3 is 10.0 Å². The molecule has 3 rings (SSSR count). The molecule has 126 valence electrons. The van der Waals surface area contributed by atoms with Crippen LogP contribution in [0.3, 0.4) is 0 Å². The topological polar surface area (TPSA) is 39.6 Å². The second kappa shape index (κ2) is 7.71. The fourth-order valence-electron chi connectivity index (χ4n) is 3.45. The lowest BCUT2D eigenvalue weighted by atomic mass is 9.96. The van der Waals surface area contributed by atoms with Crippen LogP contribution in [0, 0.1) is 5.92 Å². The summed E-state index contributed by atoms with van der Waals surface area (Å²) in [5, 5.41) is 10.7. The van der Waals surface area contributed by atoms with Crippen molar-refractivity contribution in [2.45, 2.75) is 32.4 Å². The molecule has 1 saturated heterocycles. The number of para-hydroxylation sites is 1. The Morgan fingerprint density at radius 1 is 1.35 bits per heavy atom. The second-order valence-corrected chi connectivity index (χ2v) is 7.98. The molecule has 0 bridgehead atoms. The molecule has 0 spiro atoms. The van der Waals surface area contributed by atoms with Crippen molar-refractivity contribution in [2.24, 2.45) is 5.92 Å². The maximum absolute atomic E-state index is 9.48. The summed E-state index contributed by atoms with van der Waals surface area (Å²) in [5.74, 6) is 0.764. The average molecular weight is 334 g/mol. The zero-order valence-corrected chi connectivity index (χ0v) is 14.9. The van der Waals surface area contributed by atoms with E-state index in [1.54, 1.807) is 11.3 Å². The molecule has 4 nitrogen and oxygen atoms in total. The lowest BCUT2D eigenvalue weighted by Crippen LogP contribution is -2.40. The smallest absolute Gasteiger partial charge is 0.108 e. The molecule has 1 aliphatic heterocycles. The van der Waals surface area contributed by atoms with E-state index in [2.05, 4.69) is 41.1 Å². The predicted octanol–water partition coefficient (Wildman–Crippen LogP) is 2.82. The summed E-state index contributed by atoms with van der Waals surface area (Å²) in [7, 11) is 2.20. The van der Waals surface area contributed by atoms with Crippen LogP contribution in [0.1, 0.15) is 24.8 Å². The number of hydrogen-bond acceptors (Lipinski definition) is 5. The Kier molecular flexibility index (Phi) is 5.64. The summed E-state index contributed by atoms with van der Waals surface area (Å²) in [5.41, 5.74) is 1.12. The van der Waals surface area contributed by atoms with Crippen molar-refractivity contribution in [1.82, 2.24) is 14.8 Å². The molecule has 1 aromatic carbocycles. The van der Waals surface area contributed by atoms with Crippen LogP contribution in [0.25, 0.3) is 10.2 Å². The monoisotopic (exact) mass is 333 g/mol. The second-order valence-electron chi connectivity index (χ2n) is 6.87. The van der Waals surface area contributed by atoms with Crippen molar-refractivity contribution in [2.75, 3.05) is 33.2 Å². The van der Waals surface area contributed by atoms with Gasteiger partial charge in [0.25, 0.3) is 0 Å². The molecular weight excluding hydrogens is 306 g/mol. The van der Waals surface area contributed by atoms with Crippen molar-refractivity contribution < 1.29 is 5.11 Å². The van der Waals surface area contributed by atoms with E-state index in [-0.39, 0.29) is 6.10 Å². The number of aromatic nitrogens is 1. The van der Waals surface area contributed by atoms with Gasteiger partial charge in [0.05, 0.1) is 22.9 Å². The van der Waals surface area contributed by atoms with Gasteiger partial charge in [-0.25, -0.2) is 4.98 Å². The first kappa shape index (κ1) is 16.8. The van der Waals surface area contributed by atoms with Gasteiger partial charge in [-0.3, -0.25) is 4.90 Å². The highest BCUT2D eigenvalue weighted by Gasteiger charge is 2.21. The summed E-state index contributed by atoms with van der Waals surface area (Å²) < 4.78 is 1.28. The Balaban J connectivity index is 1.47. The number of likely N-dealkylation sites (tertiary alicyclic amines) is 1. The molecular formula is C18H27N3OS. The number of thiazole rings is 1. The minimum Gasteiger partial charge on any atom is -0.392 e. The van der Waals surface area contributed by atoms with Gasteiger partial charge in [0.2, 0.25) is 0 Å². The van der Waals surface area contributed by atoms with E-state index >= 15 is 0 Å². The summed E-state index contributed by atoms with van der Waals surface area (Å²) in [4.78, 5) is 9.52. The number of aliphatic hydroxyl groups is 1. The number of β-amino-alcohol motifs (C(OH)–C–C–N with tert-alkyl or cyclic N) is 1. The zero-order valence-electron chi connectivity index (χ0n) is 14.1. The lowest BCUT2D eigenvalue weighted by Gasteiger charge is -2.34. The van der Waals surface area contributed by atoms with Gasteiger partial charge in [0.15, 0.2) is 0 Å². The number of aliphatic hydroxyl groups excluding tert-OH is 1. The lowest BCUT2D eigenvalue weighted by molar-refractivity contribution is 0.0919. The quantitative estimate of drug-likeness (QED) is 0.882. The van der Waals surface area contributed by atoms with E-state index < -0.39 is 0 Å². The van der Waals surface area contributed by atoms with Crippen molar-refractivity contribution in [1.29, 1.82) is 0 Å². The molecule has 1 aromatic heterocycles. The largest absolute Gasteiger partial charge is 0.392 e. The van der Waals surface area contributed by atoms with Crippen molar-refractivity contribution >= 4 is 21.6 Å². The third-order valence-corrected chi connectivity index (χ3v) is 5.56. The van der Waals surface area contributed by atoms with E-state index in [4.69, 9.17) is 4.98 Å². The van der Waals surface area contributed by atoms with Gasteiger partial charge in [-0.15, -0.1) is 11.3 Å². The number of rotatable bonds is 6. The van der Waals surface area contributed by atoms with Crippen LogP contribution >= 0.6 is 11.3 Å². The number of nitrogens with zero attached hydrogens (tertiary/aromatic N) is 3. The Bertz CT molecular complexity index is 587. The molecule has 1 atom stereocenters. The van der Waals surface area contributed by atoms with Crippen LogP contribution in [0.5, 0.6) is 0 Å². The summed E-state index contributed by atoms with van der Waals surface area (Å²) in [6, 6.07) is 8.37. The number of piperidine rings is 1. The third kappa shape index (κ3) is 4.73. The van der Waals surface area contributed by atoms with Gasteiger partial charge in [0.1, 0.15) is 5.01 Å². The first-order chi connectivity index (χ1) is 11.1. The maximum Gasteiger partial charge on any atom is 0.108 e. The van der Waals surface area contributed by atoms with Crippen LogP contribution < -0.4 is 0 Å². The molecule has 1 aliphatic rings. The van der Waals surface area contributed by atoms with Crippen LogP contribution in [0.2, 0.25) is 0 Å². The minimum absolute atomic E-state index is 0.215. The first-order valence-electron chi connectivity index (χ1n) is 8.53. The predicted molar refractivity (Wildman–Crippen MR) is 96.8 cm³/mol. The zero-order chi connectivity index (χ0) is 16.2. The Morgan fingerprint density at radius 3 is 2.78 bits per heavy atom. The van der Waals surface area contributed by atoms with E-state index in [0.29, 0.717) is 0 Å². The number of fused-ring (bicyclic) bond motifs is 1. The SMILES string of the molecule is C[C@H](O)CN1CCC(CN(C)Cc2nc3ccccc3s2)CC1. The number of benzene rings is 1. The van der Waals surface area contributed by atoms with Gasteiger partial charge in [-0.2, -0.15) is 0 Å². The van der Waals surface area contributed by atoms with Crippen LogP contribution in [-0.2, 0) is 6.54 Å². The molecule has 2 aromatic rings. The molecule has 0 amide bonds. The average Bonchev–Trinajstić information content (AvgIpc) is 2.90. The Labute approximate surface area is 142 Å². The molecule has 5 heteroatoms. The molecule has 1 N–H and O–H groups in total. The molecule has 0 unspecified atom stereocenters. The summed E-state index contributed by atoms with van der Waals surface area (Å²) >= 11 is 1.81. The standard InChI is InChI=1S/C18H27N3OS/c1-14(22)11-21-9-7-15(8-10-21)12-20(2)13-18-19-16-5-3-4-6-17(16)23-18/h3-6,14-15,22H,7-13H2,1-2H3/t14-/m0/s1. The highest BCUT2D eigenvalue weighted by molar-refractivity contribution is 7.18. The van der Waals surface area contributed by atoms with Crippen molar-refractivity contribution in [3.63, 3.8) is 0 Å². The van der Waals surface area contributed by atoms with Crippen LogP contribution in [-0.4, -0.2) is 59.2 Å². The van der Waals surface area contributed by atoms with Gasteiger partial charge >= 0.3 is 0 Å². The van der Waals surface area contributed by atoms with Crippen molar-refractivity contribution in [3.8, 4) is 0 Å². The highest BCUT2D eigenvalue weighted by atomic mass is 32.1.